The van der Waals surface area contributed by atoms with Gasteiger partial charge in [0, 0.05) is 35.7 Å². The van der Waals surface area contributed by atoms with Crippen molar-refractivity contribution in [1.82, 2.24) is 10.3 Å². The van der Waals surface area contributed by atoms with Gasteiger partial charge in [0.05, 0.1) is 0 Å². The van der Waals surface area contributed by atoms with Gasteiger partial charge in [-0.25, -0.2) is 4.79 Å². The quantitative estimate of drug-likeness (QED) is 0.791. The molecule has 0 spiro atoms. The number of hydrogen-bond donors (Lipinski definition) is 2. The molecule has 1 aliphatic carbocycles. The number of nitrogens with zero attached hydrogens (tertiary/aromatic N) is 1. The second-order valence-corrected chi connectivity index (χ2v) is 8.20. The molecular weight excluding hydrogens is 338 g/mol. The van der Waals surface area contributed by atoms with E-state index in [1.165, 1.54) is 11.1 Å². The molecule has 5 heteroatoms. The Kier molecular flexibility index (Phi) is 5.68. The SMILES string of the molecule is Cc1cc(Nc2ccc3c(c2)CCC[C@H]3CNC(=O)OC(C)(C)C)ccn1. The van der Waals surface area contributed by atoms with Crippen LogP contribution in [-0.4, -0.2) is 23.2 Å². The van der Waals surface area contributed by atoms with Crippen LogP contribution in [0.5, 0.6) is 0 Å². The Morgan fingerprint density at radius 3 is 2.74 bits per heavy atom. The minimum Gasteiger partial charge on any atom is -0.444 e. The second-order valence-electron chi connectivity index (χ2n) is 8.20. The van der Waals surface area contributed by atoms with Crippen LogP contribution in [0.25, 0.3) is 0 Å². The number of pyridine rings is 1. The summed E-state index contributed by atoms with van der Waals surface area (Å²) in [6.45, 7) is 8.22. The van der Waals surface area contributed by atoms with E-state index in [4.69, 9.17) is 4.74 Å². The molecule has 1 aromatic carbocycles. The van der Waals surface area contributed by atoms with Crippen molar-refractivity contribution in [3.05, 3.63) is 53.3 Å². The largest absolute Gasteiger partial charge is 0.444 e. The van der Waals surface area contributed by atoms with E-state index in [1.54, 1.807) is 0 Å². The van der Waals surface area contributed by atoms with E-state index in [0.717, 1.165) is 36.3 Å². The minimum atomic E-state index is -0.472. The van der Waals surface area contributed by atoms with Crippen LogP contribution in [0.3, 0.4) is 0 Å². The molecular formula is C22H29N3O2. The van der Waals surface area contributed by atoms with E-state index in [9.17, 15) is 4.79 Å². The third kappa shape index (κ3) is 5.46. The topological polar surface area (TPSA) is 63.2 Å². The third-order valence-electron chi connectivity index (χ3n) is 4.66. The van der Waals surface area contributed by atoms with E-state index < -0.39 is 5.60 Å². The van der Waals surface area contributed by atoms with Crippen LogP contribution >= 0.6 is 0 Å². The first kappa shape index (κ1) is 19.2. The van der Waals surface area contributed by atoms with E-state index in [2.05, 4.69) is 33.8 Å². The highest BCUT2D eigenvalue weighted by Gasteiger charge is 2.22. The summed E-state index contributed by atoms with van der Waals surface area (Å²) in [5, 5.41) is 6.38. The summed E-state index contributed by atoms with van der Waals surface area (Å²) in [4.78, 5) is 16.2. The number of anilines is 2. The molecule has 1 aliphatic rings. The number of alkyl carbamates (subject to hydrolysis) is 1. The molecule has 1 aromatic heterocycles. The molecule has 3 rings (SSSR count). The molecule has 5 nitrogen and oxygen atoms in total. The molecule has 0 saturated heterocycles. The molecule has 1 amide bonds. The van der Waals surface area contributed by atoms with Gasteiger partial charge in [-0.3, -0.25) is 4.98 Å². The fourth-order valence-corrected chi connectivity index (χ4v) is 3.52. The highest BCUT2D eigenvalue weighted by molar-refractivity contribution is 5.68. The number of amides is 1. The van der Waals surface area contributed by atoms with E-state index in [1.807, 2.05) is 46.0 Å². The van der Waals surface area contributed by atoms with Crippen LogP contribution in [0.15, 0.2) is 36.5 Å². The molecule has 2 N–H and O–H groups in total. The Balaban J connectivity index is 1.66. The zero-order valence-corrected chi connectivity index (χ0v) is 16.6. The normalized spacial score (nSPS) is 16.4. The van der Waals surface area contributed by atoms with Gasteiger partial charge in [0.25, 0.3) is 0 Å². The maximum Gasteiger partial charge on any atom is 0.407 e. The number of aryl methyl sites for hydroxylation is 2. The number of nitrogens with one attached hydrogen (secondary N) is 2. The third-order valence-corrected chi connectivity index (χ3v) is 4.66. The van der Waals surface area contributed by atoms with Gasteiger partial charge in [0.2, 0.25) is 0 Å². The zero-order chi connectivity index (χ0) is 19.4. The van der Waals surface area contributed by atoms with Crippen molar-refractivity contribution in [2.75, 3.05) is 11.9 Å². The minimum absolute atomic E-state index is 0.332. The van der Waals surface area contributed by atoms with Crippen LogP contribution in [0, 0.1) is 6.92 Å². The summed E-state index contributed by atoms with van der Waals surface area (Å²) in [7, 11) is 0. The summed E-state index contributed by atoms with van der Waals surface area (Å²) >= 11 is 0. The monoisotopic (exact) mass is 367 g/mol. The van der Waals surface area contributed by atoms with Crippen molar-refractivity contribution in [3.8, 4) is 0 Å². The van der Waals surface area contributed by atoms with Crippen molar-refractivity contribution in [2.24, 2.45) is 0 Å². The molecule has 1 heterocycles. The number of carbonyl (C=O) groups excluding carboxylic acids is 1. The molecule has 0 unspecified atom stereocenters. The average Bonchev–Trinajstić information content (AvgIpc) is 2.58. The Labute approximate surface area is 161 Å². The summed E-state index contributed by atoms with van der Waals surface area (Å²) in [6, 6.07) is 10.5. The zero-order valence-electron chi connectivity index (χ0n) is 16.6. The van der Waals surface area contributed by atoms with Crippen molar-refractivity contribution < 1.29 is 9.53 Å². The van der Waals surface area contributed by atoms with Crippen molar-refractivity contribution in [2.45, 2.75) is 58.5 Å². The summed E-state index contributed by atoms with van der Waals surface area (Å²) in [5.74, 6) is 0.332. The highest BCUT2D eigenvalue weighted by Crippen LogP contribution is 2.33. The molecule has 27 heavy (non-hydrogen) atoms. The number of ether oxygens (including phenoxy) is 1. The van der Waals surface area contributed by atoms with Crippen molar-refractivity contribution in [3.63, 3.8) is 0 Å². The summed E-state index contributed by atoms with van der Waals surface area (Å²) in [5.41, 5.74) is 5.33. The molecule has 0 aliphatic heterocycles. The number of carbonyl (C=O) groups is 1. The van der Waals surface area contributed by atoms with Gasteiger partial charge in [-0.2, -0.15) is 0 Å². The van der Waals surface area contributed by atoms with Gasteiger partial charge in [-0.1, -0.05) is 6.07 Å². The summed E-state index contributed by atoms with van der Waals surface area (Å²) < 4.78 is 5.35. The lowest BCUT2D eigenvalue weighted by atomic mass is 9.82. The predicted octanol–water partition coefficient (Wildman–Crippen LogP) is 5.08. The van der Waals surface area contributed by atoms with Gasteiger partial charge < -0.3 is 15.4 Å². The van der Waals surface area contributed by atoms with E-state index in [0.29, 0.717) is 12.5 Å². The van der Waals surface area contributed by atoms with E-state index >= 15 is 0 Å². The maximum atomic E-state index is 11.9. The van der Waals surface area contributed by atoms with Crippen LogP contribution < -0.4 is 10.6 Å². The Bertz CT molecular complexity index is 811. The number of benzene rings is 1. The van der Waals surface area contributed by atoms with Gasteiger partial charge in [-0.15, -0.1) is 0 Å². The average molecular weight is 367 g/mol. The Morgan fingerprint density at radius 2 is 2.00 bits per heavy atom. The lowest BCUT2D eigenvalue weighted by Gasteiger charge is -2.27. The number of aromatic nitrogens is 1. The van der Waals surface area contributed by atoms with Crippen LogP contribution in [0.1, 0.15) is 56.4 Å². The van der Waals surface area contributed by atoms with Gasteiger partial charge in [0.1, 0.15) is 5.60 Å². The van der Waals surface area contributed by atoms with Crippen LogP contribution in [0.2, 0.25) is 0 Å². The lowest BCUT2D eigenvalue weighted by Crippen LogP contribution is -2.35. The number of hydrogen-bond acceptors (Lipinski definition) is 4. The first-order valence-corrected chi connectivity index (χ1v) is 9.59. The summed E-state index contributed by atoms with van der Waals surface area (Å²) in [6.07, 6.45) is 4.75. The van der Waals surface area contributed by atoms with Crippen molar-refractivity contribution >= 4 is 17.5 Å². The molecule has 0 radical (unpaired) electrons. The van der Waals surface area contributed by atoms with Crippen LogP contribution in [-0.2, 0) is 11.2 Å². The van der Waals surface area contributed by atoms with Crippen molar-refractivity contribution in [1.29, 1.82) is 0 Å². The number of fused-ring (bicyclic) bond motifs is 1. The maximum absolute atomic E-state index is 11.9. The number of rotatable bonds is 4. The van der Waals surface area contributed by atoms with E-state index in [-0.39, 0.29) is 6.09 Å². The molecule has 1 atom stereocenters. The Morgan fingerprint density at radius 1 is 1.22 bits per heavy atom. The smallest absolute Gasteiger partial charge is 0.407 e. The fourth-order valence-electron chi connectivity index (χ4n) is 3.52. The molecule has 144 valence electrons. The second kappa shape index (κ2) is 7.99. The highest BCUT2D eigenvalue weighted by atomic mass is 16.6. The first-order chi connectivity index (χ1) is 12.8. The molecule has 0 fully saturated rings. The fraction of sp³-hybridized carbons (Fsp3) is 0.455. The lowest BCUT2D eigenvalue weighted by molar-refractivity contribution is 0.0523. The van der Waals surface area contributed by atoms with Gasteiger partial charge >= 0.3 is 6.09 Å². The Hall–Kier alpha value is -2.56. The molecule has 0 bridgehead atoms. The van der Waals surface area contributed by atoms with Gasteiger partial charge in [-0.05, 0) is 82.3 Å². The molecule has 0 saturated carbocycles. The van der Waals surface area contributed by atoms with Crippen LogP contribution in [0.4, 0.5) is 16.2 Å². The first-order valence-electron chi connectivity index (χ1n) is 9.59. The standard InChI is InChI=1S/C22H29N3O2/c1-15-12-19(10-11-23-15)25-18-8-9-20-16(13-18)6-5-7-17(20)14-24-21(26)27-22(2,3)4/h8-13,17H,5-7,14H2,1-4H3,(H,23,25)(H,24,26)/t17-/m0/s1. The predicted molar refractivity (Wildman–Crippen MR) is 109 cm³/mol. The molecule has 2 aromatic rings. The van der Waals surface area contributed by atoms with Gasteiger partial charge in [0.15, 0.2) is 0 Å².